The fraction of sp³-hybridized carbons (Fsp3) is 0.644. The predicted octanol–water partition coefficient (Wildman–Crippen LogP) is 10.3. The van der Waals surface area contributed by atoms with Crippen molar-refractivity contribution in [3.8, 4) is 0 Å². The third kappa shape index (κ3) is 7.45. The number of hydrogen-bond acceptors (Lipinski definition) is 6. The van der Waals surface area contributed by atoms with E-state index in [4.69, 9.17) is 30.0 Å². The molecule has 7 heteroatoms. The van der Waals surface area contributed by atoms with Gasteiger partial charge >= 0.3 is 0 Å². The highest BCUT2D eigenvalue weighted by Gasteiger charge is 2.71. The third-order valence-electron chi connectivity index (χ3n) is 13.5. The Morgan fingerprint density at radius 1 is 0.846 bits per heavy atom. The van der Waals surface area contributed by atoms with Gasteiger partial charge < -0.3 is 28.5 Å². The van der Waals surface area contributed by atoms with E-state index < -0.39 is 55.0 Å². The second kappa shape index (κ2) is 15.6. The van der Waals surface area contributed by atoms with Gasteiger partial charge in [0.1, 0.15) is 6.10 Å². The van der Waals surface area contributed by atoms with Gasteiger partial charge in [0, 0.05) is 16.7 Å². The topological polar surface area (TPSA) is 66.4 Å². The first-order chi connectivity index (χ1) is 24.7. The molecule has 0 unspecified atom stereocenters. The number of allylic oxidation sites excluding steroid dienone is 1. The number of aliphatic hydroxyl groups is 1. The van der Waals surface area contributed by atoms with Gasteiger partial charge in [-0.1, -0.05) is 132 Å². The highest BCUT2D eigenvalue weighted by molar-refractivity contribution is 6.72. The molecule has 1 heterocycles. The maximum Gasteiger partial charge on any atom is 0.190 e. The highest BCUT2D eigenvalue weighted by Crippen LogP contribution is 2.63. The van der Waals surface area contributed by atoms with Gasteiger partial charge in [-0.05, 0) is 69.3 Å². The van der Waals surface area contributed by atoms with Gasteiger partial charge in [-0.3, -0.25) is 0 Å². The van der Waals surface area contributed by atoms with Crippen molar-refractivity contribution < 1.29 is 28.5 Å². The first kappa shape index (κ1) is 39.6. The van der Waals surface area contributed by atoms with Crippen LogP contribution in [-0.2, 0) is 36.6 Å². The van der Waals surface area contributed by atoms with Crippen LogP contribution >= 0.6 is 0 Å². The number of aliphatic hydroxyl groups excluding tert-OH is 1. The van der Waals surface area contributed by atoms with Crippen molar-refractivity contribution in [2.45, 2.75) is 166 Å². The standard InChI is InChI=1S/C45H66O6Si/c1-10-11-29-45(51-52(8,9)35-25-19-14-20-26-35)40(48-31-34-23-17-13-18-24-34)37-32(2)27-28-36-44(37,7)41(50-43(5,6)49-36)38(39(46)42(45,3)4)47-30-33-21-15-12-16-22-33/h10,12-13,15-18,21-24,35-41,46H,1-2,11,14,19-20,25-31H2,3-9H3/t36-,37-,38+,39-,40-,41+,44+,45+/m0/s1. The fourth-order valence-electron chi connectivity index (χ4n) is 10.5. The van der Waals surface area contributed by atoms with Crippen molar-refractivity contribution in [3.63, 3.8) is 0 Å². The van der Waals surface area contributed by atoms with Crippen LogP contribution in [0, 0.1) is 16.7 Å². The summed E-state index contributed by atoms with van der Waals surface area (Å²) in [7, 11) is -2.43. The zero-order valence-electron chi connectivity index (χ0n) is 33.1. The molecule has 0 radical (unpaired) electrons. The van der Waals surface area contributed by atoms with E-state index in [0.29, 0.717) is 25.2 Å². The van der Waals surface area contributed by atoms with E-state index in [-0.39, 0.29) is 12.0 Å². The number of rotatable bonds is 12. The second-order valence-electron chi connectivity index (χ2n) is 18.0. The molecule has 1 N–H and O–H groups in total. The first-order valence-corrected chi connectivity index (χ1v) is 23.0. The third-order valence-corrected chi connectivity index (χ3v) is 16.9. The zero-order valence-corrected chi connectivity index (χ0v) is 34.1. The van der Waals surface area contributed by atoms with Crippen LogP contribution in [-0.4, -0.2) is 55.3 Å². The monoisotopic (exact) mass is 730 g/mol. The SMILES string of the molecule is C=CCC[C@@]1(O[Si](C)(C)C2CCCCC2)[C@@H](OCc2ccccc2)[C@@H]2C(=C)CC[C@@H]3OC(C)(C)O[C@H]([C@H](OCc4ccccc4)[C@H](O)C1(C)C)[C@]32C. The number of ether oxygens (including phenoxy) is 4. The van der Waals surface area contributed by atoms with Gasteiger partial charge in [0.05, 0.1) is 43.2 Å². The Morgan fingerprint density at radius 2 is 1.44 bits per heavy atom. The average Bonchev–Trinajstić information content (AvgIpc) is 3.12. The van der Waals surface area contributed by atoms with Crippen molar-refractivity contribution in [3.05, 3.63) is 96.6 Å². The van der Waals surface area contributed by atoms with Gasteiger partial charge in [-0.25, -0.2) is 0 Å². The number of hydrogen-bond donors (Lipinski definition) is 1. The van der Waals surface area contributed by atoms with Crippen LogP contribution in [0.1, 0.15) is 104 Å². The lowest BCUT2D eigenvalue weighted by molar-refractivity contribution is -0.395. The summed E-state index contributed by atoms with van der Waals surface area (Å²) >= 11 is 0. The van der Waals surface area contributed by atoms with Crippen molar-refractivity contribution in [2.24, 2.45) is 16.7 Å². The average molecular weight is 731 g/mol. The minimum Gasteiger partial charge on any atom is -0.408 e. The Bertz CT molecular complexity index is 1500. The van der Waals surface area contributed by atoms with Crippen molar-refractivity contribution in [2.75, 3.05) is 0 Å². The van der Waals surface area contributed by atoms with Gasteiger partial charge in [-0.2, -0.15) is 0 Å². The highest BCUT2D eigenvalue weighted by atomic mass is 28.4. The smallest absolute Gasteiger partial charge is 0.190 e. The predicted molar refractivity (Wildman–Crippen MR) is 211 cm³/mol. The summed E-state index contributed by atoms with van der Waals surface area (Å²) < 4.78 is 36.5. The first-order valence-electron chi connectivity index (χ1n) is 20.0. The van der Waals surface area contributed by atoms with E-state index in [0.717, 1.165) is 36.0 Å². The zero-order chi connectivity index (χ0) is 37.4. The summed E-state index contributed by atoms with van der Waals surface area (Å²) in [6, 6.07) is 20.7. The molecule has 4 fully saturated rings. The van der Waals surface area contributed by atoms with Crippen LogP contribution in [0.2, 0.25) is 18.6 Å². The maximum absolute atomic E-state index is 13.3. The summed E-state index contributed by atoms with van der Waals surface area (Å²) in [4.78, 5) is 0. The minimum atomic E-state index is -2.43. The van der Waals surface area contributed by atoms with Gasteiger partial charge in [0.2, 0.25) is 0 Å². The van der Waals surface area contributed by atoms with Crippen LogP contribution < -0.4 is 0 Å². The summed E-state index contributed by atoms with van der Waals surface area (Å²) in [5.74, 6) is -1.08. The van der Waals surface area contributed by atoms with Crippen LogP contribution in [0.3, 0.4) is 0 Å². The molecule has 0 spiro atoms. The Kier molecular flexibility index (Phi) is 11.8. The van der Waals surface area contributed by atoms with Crippen LogP contribution in [0.5, 0.6) is 0 Å². The molecule has 2 aromatic carbocycles. The Morgan fingerprint density at radius 3 is 2.04 bits per heavy atom. The molecule has 0 bridgehead atoms. The molecule has 52 heavy (non-hydrogen) atoms. The molecule has 286 valence electrons. The van der Waals surface area contributed by atoms with Crippen molar-refractivity contribution in [1.82, 2.24) is 0 Å². The molecule has 3 saturated carbocycles. The molecule has 8 atom stereocenters. The van der Waals surface area contributed by atoms with Crippen molar-refractivity contribution >= 4 is 8.32 Å². The van der Waals surface area contributed by atoms with E-state index in [1.54, 1.807) is 0 Å². The van der Waals surface area contributed by atoms with Crippen molar-refractivity contribution in [1.29, 1.82) is 0 Å². The molecule has 3 aliphatic carbocycles. The Labute approximate surface area is 315 Å². The quantitative estimate of drug-likeness (QED) is 0.173. The molecule has 0 amide bonds. The Balaban J connectivity index is 1.58. The van der Waals surface area contributed by atoms with E-state index in [9.17, 15) is 5.11 Å². The lowest BCUT2D eigenvalue weighted by Gasteiger charge is -2.68. The van der Waals surface area contributed by atoms with E-state index in [1.807, 2.05) is 44.2 Å². The summed E-state index contributed by atoms with van der Waals surface area (Å²) in [5.41, 5.74) is 1.39. The van der Waals surface area contributed by atoms with Gasteiger partial charge in [-0.15, -0.1) is 6.58 Å². The molecular formula is C45H66O6Si. The molecule has 4 aliphatic rings. The molecule has 1 saturated heterocycles. The van der Waals surface area contributed by atoms with E-state index in [1.165, 1.54) is 32.1 Å². The lowest BCUT2D eigenvalue weighted by Crippen LogP contribution is -2.77. The largest absolute Gasteiger partial charge is 0.408 e. The van der Waals surface area contributed by atoms with Gasteiger partial charge in [0.15, 0.2) is 14.1 Å². The molecule has 1 aliphatic heterocycles. The van der Waals surface area contributed by atoms with E-state index >= 15 is 0 Å². The van der Waals surface area contributed by atoms with Crippen LogP contribution in [0.25, 0.3) is 0 Å². The lowest BCUT2D eigenvalue weighted by atomic mass is 9.49. The summed E-state index contributed by atoms with van der Waals surface area (Å²) in [5, 5.41) is 13.3. The normalized spacial score (nSPS) is 34.9. The van der Waals surface area contributed by atoms with Crippen LogP contribution in [0.15, 0.2) is 85.5 Å². The Hall–Kier alpha value is -2.10. The van der Waals surface area contributed by atoms with Gasteiger partial charge in [0.25, 0.3) is 0 Å². The summed E-state index contributed by atoms with van der Waals surface area (Å²) in [6.45, 7) is 25.3. The molecule has 6 nitrogen and oxygen atoms in total. The van der Waals surface area contributed by atoms with E-state index in [2.05, 4.69) is 76.8 Å². The second-order valence-corrected chi connectivity index (χ2v) is 22.2. The van der Waals surface area contributed by atoms with Crippen LogP contribution in [0.4, 0.5) is 0 Å². The summed E-state index contributed by atoms with van der Waals surface area (Å²) in [6.07, 6.45) is 8.36. The minimum absolute atomic E-state index is 0.170. The molecule has 2 aromatic rings. The maximum atomic E-state index is 13.3. The molecule has 0 aromatic heterocycles. The number of benzene rings is 2. The fourth-order valence-corrected chi connectivity index (χ4v) is 13.9. The molecule has 6 rings (SSSR count). The molecular weight excluding hydrogens is 665 g/mol.